The molecule has 1 aromatic heterocycles. The van der Waals surface area contributed by atoms with Crippen molar-refractivity contribution in [3.05, 3.63) is 77.8 Å². The Kier molecular flexibility index (Phi) is 6.71. The quantitative estimate of drug-likeness (QED) is 0.454. The molecule has 1 heterocycles. The minimum atomic E-state index is -1.52. The summed E-state index contributed by atoms with van der Waals surface area (Å²) in [6.45, 7) is 5.14. The Morgan fingerprint density at radius 1 is 1.13 bits per heavy atom. The van der Waals surface area contributed by atoms with Crippen molar-refractivity contribution in [2.75, 3.05) is 0 Å². The van der Waals surface area contributed by atoms with E-state index in [1.807, 2.05) is 18.2 Å². The van der Waals surface area contributed by atoms with Crippen molar-refractivity contribution in [2.45, 2.75) is 39.1 Å². The van der Waals surface area contributed by atoms with E-state index < -0.39 is 23.8 Å². The van der Waals surface area contributed by atoms with Gasteiger partial charge in [-0.2, -0.15) is 0 Å². The lowest BCUT2D eigenvalue weighted by atomic mass is 10.2. The number of fused-ring (bicyclic) bond motifs is 1. The first-order valence-electron chi connectivity index (χ1n) is 9.67. The van der Waals surface area contributed by atoms with E-state index in [0.717, 1.165) is 11.6 Å². The largest absolute Gasteiger partial charge is 0.457 e. The van der Waals surface area contributed by atoms with Gasteiger partial charge < -0.3 is 19.0 Å². The fourth-order valence-corrected chi connectivity index (χ4v) is 2.66. The molecule has 0 spiro atoms. The van der Waals surface area contributed by atoms with Crippen LogP contribution in [-0.2, 0) is 20.9 Å². The second-order valence-corrected chi connectivity index (χ2v) is 7.74. The monoisotopic (exact) mass is 424 g/mol. The second kappa shape index (κ2) is 9.44. The van der Waals surface area contributed by atoms with E-state index in [1.165, 1.54) is 0 Å². The molecule has 0 aliphatic heterocycles. The number of para-hydroxylation sites is 2. The molecule has 8 heteroatoms. The molecule has 0 radical (unpaired) electrons. The molecule has 0 saturated heterocycles. The number of rotatable bonds is 6. The van der Waals surface area contributed by atoms with Gasteiger partial charge in [0.05, 0.1) is 5.70 Å². The third kappa shape index (κ3) is 6.42. The van der Waals surface area contributed by atoms with Gasteiger partial charge in [0, 0.05) is 6.08 Å². The Hall–Kier alpha value is -3.65. The van der Waals surface area contributed by atoms with Crippen LogP contribution in [0.25, 0.3) is 11.1 Å². The molecule has 1 atom stereocenters. The maximum atomic E-state index is 12.3. The van der Waals surface area contributed by atoms with Crippen LogP contribution in [0.15, 0.2) is 70.8 Å². The lowest BCUT2D eigenvalue weighted by Crippen LogP contribution is -2.29. The highest BCUT2D eigenvalue weighted by Gasteiger charge is 2.25. The summed E-state index contributed by atoms with van der Waals surface area (Å²) in [7, 11) is 0. The molecule has 1 amide bonds. The van der Waals surface area contributed by atoms with Gasteiger partial charge in [-0.3, -0.25) is 5.32 Å². The third-order valence-electron chi connectivity index (χ3n) is 3.98. The zero-order valence-electron chi connectivity index (χ0n) is 17.5. The topological polar surface area (TPSA) is 111 Å². The summed E-state index contributed by atoms with van der Waals surface area (Å²) < 4.78 is 16.0. The first-order valence-corrected chi connectivity index (χ1v) is 9.67. The van der Waals surface area contributed by atoms with Crippen LogP contribution < -0.4 is 5.32 Å². The van der Waals surface area contributed by atoms with Gasteiger partial charge in [0.2, 0.25) is 5.89 Å². The molecule has 31 heavy (non-hydrogen) atoms. The molecule has 3 aromatic rings. The van der Waals surface area contributed by atoms with E-state index in [2.05, 4.69) is 10.3 Å². The number of benzene rings is 2. The number of aliphatic hydroxyl groups is 1. The molecule has 8 nitrogen and oxygen atoms in total. The minimum Gasteiger partial charge on any atom is -0.457 e. The number of carbonyl (C=O) groups is 2. The maximum Gasteiger partial charge on any atom is 0.411 e. The molecule has 0 bridgehead atoms. The van der Waals surface area contributed by atoms with Crippen LogP contribution in [0.1, 0.15) is 38.3 Å². The van der Waals surface area contributed by atoms with Gasteiger partial charge in [-0.25, -0.2) is 14.6 Å². The molecular formula is C23H24N2O6. The lowest BCUT2D eigenvalue weighted by Gasteiger charge is -2.19. The first-order chi connectivity index (χ1) is 14.7. The third-order valence-corrected chi connectivity index (χ3v) is 3.98. The molecule has 0 fully saturated rings. The molecule has 0 saturated carbocycles. The minimum absolute atomic E-state index is 0.0192. The number of esters is 1. The number of nitrogens with one attached hydrogen (secondary N) is 1. The Morgan fingerprint density at radius 2 is 1.81 bits per heavy atom. The van der Waals surface area contributed by atoms with Gasteiger partial charge in [-0.15, -0.1) is 0 Å². The Bertz CT molecular complexity index is 1050. The van der Waals surface area contributed by atoms with Crippen LogP contribution >= 0.6 is 0 Å². The summed E-state index contributed by atoms with van der Waals surface area (Å²) in [5.41, 5.74) is 0.836. The van der Waals surface area contributed by atoms with Crippen molar-refractivity contribution >= 4 is 23.2 Å². The van der Waals surface area contributed by atoms with E-state index in [9.17, 15) is 14.7 Å². The fraction of sp³-hybridized carbons (Fsp3) is 0.261. The standard InChI is InChI=1S/C23H24N2O6/c1-23(2,3)31-19(26)13-17(25-22(28)29-14-15-9-5-4-6-10-15)20(27)21-24-16-11-7-8-12-18(16)30-21/h4-13,20,27H,14H2,1-3H3,(H,25,28). The lowest BCUT2D eigenvalue weighted by molar-refractivity contribution is -0.148. The highest BCUT2D eigenvalue weighted by atomic mass is 16.6. The summed E-state index contributed by atoms with van der Waals surface area (Å²) in [5, 5.41) is 13.2. The van der Waals surface area contributed by atoms with Gasteiger partial charge in [0.25, 0.3) is 0 Å². The molecule has 2 aromatic carbocycles. The van der Waals surface area contributed by atoms with Gasteiger partial charge in [-0.1, -0.05) is 42.5 Å². The summed E-state index contributed by atoms with van der Waals surface area (Å²) in [6.07, 6.45) is -1.40. The number of nitrogens with zero attached hydrogens (tertiary/aromatic N) is 1. The number of ether oxygens (including phenoxy) is 2. The van der Waals surface area contributed by atoms with Gasteiger partial charge in [0.15, 0.2) is 11.7 Å². The van der Waals surface area contributed by atoms with Crippen molar-refractivity contribution in [3.63, 3.8) is 0 Å². The van der Waals surface area contributed by atoms with Crippen LogP contribution in [0, 0.1) is 0 Å². The van der Waals surface area contributed by atoms with Crippen molar-refractivity contribution < 1.29 is 28.6 Å². The molecule has 0 aliphatic rings. The van der Waals surface area contributed by atoms with E-state index in [0.29, 0.717) is 11.1 Å². The Morgan fingerprint density at radius 3 is 2.48 bits per heavy atom. The average Bonchev–Trinajstić information content (AvgIpc) is 3.15. The summed E-state index contributed by atoms with van der Waals surface area (Å²) in [5.74, 6) is -0.833. The molecular weight excluding hydrogens is 400 g/mol. The predicted molar refractivity (Wildman–Crippen MR) is 113 cm³/mol. The smallest absolute Gasteiger partial charge is 0.411 e. The van der Waals surface area contributed by atoms with E-state index in [1.54, 1.807) is 57.2 Å². The van der Waals surface area contributed by atoms with Crippen LogP contribution in [0.4, 0.5) is 4.79 Å². The maximum absolute atomic E-state index is 12.3. The highest BCUT2D eigenvalue weighted by Crippen LogP contribution is 2.24. The van der Waals surface area contributed by atoms with Crippen molar-refractivity contribution in [3.8, 4) is 0 Å². The summed E-state index contributed by atoms with van der Waals surface area (Å²) >= 11 is 0. The number of hydrogen-bond donors (Lipinski definition) is 2. The Balaban J connectivity index is 1.79. The van der Waals surface area contributed by atoms with E-state index in [-0.39, 0.29) is 18.2 Å². The zero-order valence-corrected chi connectivity index (χ0v) is 17.5. The SMILES string of the molecule is CC(C)(C)OC(=O)C=C(NC(=O)OCc1ccccc1)C(O)c1nc2ccccc2o1. The average molecular weight is 424 g/mol. The first kappa shape index (κ1) is 22.0. The number of alkyl carbamates (subject to hydrolysis) is 1. The highest BCUT2D eigenvalue weighted by molar-refractivity contribution is 5.84. The number of amides is 1. The van der Waals surface area contributed by atoms with Gasteiger partial charge in [0.1, 0.15) is 17.7 Å². The van der Waals surface area contributed by atoms with E-state index >= 15 is 0 Å². The zero-order chi connectivity index (χ0) is 22.4. The predicted octanol–water partition coefficient (Wildman–Crippen LogP) is 4.01. The number of aliphatic hydroxyl groups excluding tert-OH is 1. The van der Waals surface area contributed by atoms with Gasteiger partial charge >= 0.3 is 12.1 Å². The van der Waals surface area contributed by atoms with Crippen LogP contribution in [-0.4, -0.2) is 27.8 Å². The number of aromatic nitrogens is 1. The van der Waals surface area contributed by atoms with Crippen LogP contribution in [0.2, 0.25) is 0 Å². The fourth-order valence-electron chi connectivity index (χ4n) is 2.66. The molecule has 3 rings (SSSR count). The molecule has 1 unspecified atom stereocenters. The summed E-state index contributed by atoms with van der Waals surface area (Å²) in [4.78, 5) is 28.8. The van der Waals surface area contributed by atoms with Crippen LogP contribution in [0.3, 0.4) is 0 Å². The van der Waals surface area contributed by atoms with Crippen LogP contribution in [0.5, 0.6) is 0 Å². The molecule has 2 N–H and O–H groups in total. The molecule has 162 valence electrons. The van der Waals surface area contributed by atoms with Crippen molar-refractivity contribution in [1.29, 1.82) is 0 Å². The van der Waals surface area contributed by atoms with Crippen molar-refractivity contribution in [1.82, 2.24) is 10.3 Å². The summed E-state index contributed by atoms with van der Waals surface area (Å²) in [6, 6.07) is 16.0. The second-order valence-electron chi connectivity index (χ2n) is 7.74. The number of hydrogen-bond acceptors (Lipinski definition) is 7. The van der Waals surface area contributed by atoms with Crippen molar-refractivity contribution in [2.24, 2.45) is 0 Å². The number of oxazole rings is 1. The molecule has 0 aliphatic carbocycles. The van der Waals surface area contributed by atoms with Gasteiger partial charge in [-0.05, 0) is 38.5 Å². The number of carbonyl (C=O) groups excluding carboxylic acids is 2. The van der Waals surface area contributed by atoms with E-state index in [4.69, 9.17) is 13.9 Å². The normalized spacial score (nSPS) is 13.0. The Labute approximate surface area is 179 Å².